The molecule has 5 aromatic rings. The monoisotopic (exact) mass is 594 g/mol. The number of nitrogens with zero attached hydrogens (tertiary/aromatic N) is 2. The Labute approximate surface area is 273 Å². The maximum atomic E-state index is 5.41. The maximum absolute atomic E-state index is 5.41. The van der Waals surface area contributed by atoms with E-state index >= 15 is 0 Å². The van der Waals surface area contributed by atoms with Crippen LogP contribution in [0.2, 0.25) is 0 Å². The van der Waals surface area contributed by atoms with Crippen molar-refractivity contribution >= 4 is 22.7 Å². The number of dihydropyridines is 1. The molecule has 7 rings (SSSR count). The largest absolute Gasteiger partial charge is 0.311 e. The van der Waals surface area contributed by atoms with Crippen LogP contribution in [-0.4, -0.2) is 5.71 Å². The average molecular weight is 595 g/mol. The van der Waals surface area contributed by atoms with Gasteiger partial charge in [-0.2, -0.15) is 0 Å². The van der Waals surface area contributed by atoms with E-state index in [4.69, 9.17) is 4.99 Å². The summed E-state index contributed by atoms with van der Waals surface area (Å²) in [6.45, 7) is 6.72. The SMILES string of the molecule is C=C1/C=C\C=C/Cc2ccccc2N1c1ccc(C2=CC(c3ccc(-c4ccccc4)cc3)=NC(c3ccccc3)C2CC)cc1. The Morgan fingerprint density at radius 1 is 0.674 bits per heavy atom. The van der Waals surface area contributed by atoms with E-state index < -0.39 is 0 Å². The summed E-state index contributed by atoms with van der Waals surface area (Å²) in [5, 5.41) is 0. The minimum atomic E-state index is 0.0390. The van der Waals surface area contributed by atoms with E-state index in [1.165, 1.54) is 33.4 Å². The lowest BCUT2D eigenvalue weighted by Crippen LogP contribution is -2.20. The number of hydrogen-bond donors (Lipinski definition) is 0. The van der Waals surface area contributed by atoms with Gasteiger partial charge in [0.1, 0.15) is 0 Å². The normalized spacial score (nSPS) is 19.2. The molecule has 2 nitrogen and oxygen atoms in total. The number of aliphatic imine (C=N–C) groups is 1. The minimum Gasteiger partial charge on any atom is -0.311 e. The summed E-state index contributed by atoms with van der Waals surface area (Å²) in [5.74, 6) is 0.260. The summed E-state index contributed by atoms with van der Waals surface area (Å²) in [4.78, 5) is 7.68. The molecule has 224 valence electrons. The van der Waals surface area contributed by atoms with Gasteiger partial charge in [0.15, 0.2) is 0 Å². The average Bonchev–Trinajstić information content (AvgIpc) is 3.20. The second kappa shape index (κ2) is 13.3. The predicted molar refractivity (Wildman–Crippen MR) is 196 cm³/mol. The van der Waals surface area contributed by atoms with Gasteiger partial charge in [0.25, 0.3) is 0 Å². The Balaban J connectivity index is 1.28. The molecule has 2 heterocycles. The molecular weight excluding hydrogens is 556 g/mol. The summed E-state index contributed by atoms with van der Waals surface area (Å²) in [5.41, 5.74) is 12.9. The number of hydrogen-bond acceptors (Lipinski definition) is 2. The Kier molecular flexibility index (Phi) is 8.43. The van der Waals surface area contributed by atoms with Crippen LogP contribution in [0.4, 0.5) is 11.4 Å². The van der Waals surface area contributed by atoms with Crippen molar-refractivity contribution in [1.29, 1.82) is 0 Å². The number of allylic oxidation sites excluding steroid dienone is 5. The highest BCUT2D eigenvalue weighted by Gasteiger charge is 2.30. The molecule has 0 amide bonds. The lowest BCUT2D eigenvalue weighted by atomic mass is 9.79. The van der Waals surface area contributed by atoms with Gasteiger partial charge in [-0.1, -0.05) is 147 Å². The van der Waals surface area contributed by atoms with Crippen molar-refractivity contribution in [1.82, 2.24) is 0 Å². The molecule has 2 aliphatic heterocycles. The van der Waals surface area contributed by atoms with Gasteiger partial charge < -0.3 is 4.90 Å². The summed E-state index contributed by atoms with van der Waals surface area (Å²) in [6.07, 6.45) is 12.7. The van der Waals surface area contributed by atoms with E-state index in [9.17, 15) is 0 Å². The third kappa shape index (κ3) is 5.95. The van der Waals surface area contributed by atoms with Gasteiger partial charge in [0, 0.05) is 23.0 Å². The third-order valence-corrected chi connectivity index (χ3v) is 9.07. The zero-order chi connectivity index (χ0) is 31.3. The van der Waals surface area contributed by atoms with Crippen LogP contribution < -0.4 is 4.90 Å². The molecule has 2 unspecified atom stereocenters. The number of para-hydroxylation sites is 1. The van der Waals surface area contributed by atoms with Gasteiger partial charge >= 0.3 is 0 Å². The van der Waals surface area contributed by atoms with Crippen LogP contribution in [0.15, 0.2) is 181 Å². The molecule has 0 aromatic heterocycles. The van der Waals surface area contributed by atoms with E-state index in [-0.39, 0.29) is 12.0 Å². The Hall–Kier alpha value is -5.47. The van der Waals surface area contributed by atoms with E-state index in [0.29, 0.717) is 0 Å². The summed E-state index contributed by atoms with van der Waals surface area (Å²) in [6, 6.07) is 47.8. The first-order valence-electron chi connectivity index (χ1n) is 16.2. The highest BCUT2D eigenvalue weighted by Crippen LogP contribution is 2.43. The number of rotatable bonds is 6. The first-order valence-corrected chi connectivity index (χ1v) is 16.2. The minimum absolute atomic E-state index is 0.0390. The highest BCUT2D eigenvalue weighted by atomic mass is 15.1. The van der Waals surface area contributed by atoms with Crippen LogP contribution in [-0.2, 0) is 6.42 Å². The van der Waals surface area contributed by atoms with Crippen molar-refractivity contribution in [3.05, 3.63) is 198 Å². The molecule has 0 N–H and O–H groups in total. The quantitative estimate of drug-likeness (QED) is 0.191. The van der Waals surface area contributed by atoms with Crippen LogP contribution in [0.1, 0.15) is 41.6 Å². The summed E-state index contributed by atoms with van der Waals surface area (Å²) < 4.78 is 0. The molecule has 2 heteroatoms. The Morgan fingerprint density at radius 2 is 1.30 bits per heavy atom. The third-order valence-electron chi connectivity index (χ3n) is 9.07. The number of fused-ring (bicyclic) bond motifs is 1. The van der Waals surface area contributed by atoms with Gasteiger partial charge in [0.05, 0.1) is 11.8 Å². The van der Waals surface area contributed by atoms with Crippen molar-refractivity contribution in [3.8, 4) is 11.1 Å². The molecule has 0 aliphatic carbocycles. The zero-order valence-corrected chi connectivity index (χ0v) is 26.3. The van der Waals surface area contributed by atoms with E-state index in [2.05, 4.69) is 182 Å². The van der Waals surface area contributed by atoms with Gasteiger partial charge in [-0.15, -0.1) is 0 Å². The number of benzene rings is 5. The fraction of sp³-hybridized carbons (Fsp3) is 0.114. The van der Waals surface area contributed by atoms with Crippen molar-refractivity contribution in [2.45, 2.75) is 25.8 Å². The molecule has 0 fully saturated rings. The van der Waals surface area contributed by atoms with Gasteiger partial charge in [-0.25, -0.2) is 0 Å². The first-order chi connectivity index (χ1) is 22.7. The second-order valence-corrected chi connectivity index (χ2v) is 11.9. The molecule has 5 aromatic carbocycles. The van der Waals surface area contributed by atoms with E-state index in [1.807, 2.05) is 0 Å². The number of anilines is 2. The van der Waals surface area contributed by atoms with Crippen LogP contribution in [0.25, 0.3) is 16.7 Å². The second-order valence-electron chi connectivity index (χ2n) is 11.9. The van der Waals surface area contributed by atoms with Crippen LogP contribution in [0, 0.1) is 5.92 Å². The lowest BCUT2D eigenvalue weighted by molar-refractivity contribution is 0.519. The molecule has 0 spiro atoms. The molecule has 2 aliphatic rings. The van der Waals surface area contributed by atoms with Gasteiger partial charge in [-0.05, 0) is 82.1 Å². The summed E-state index contributed by atoms with van der Waals surface area (Å²) >= 11 is 0. The maximum Gasteiger partial charge on any atom is 0.0825 e. The first kappa shape index (κ1) is 29.3. The molecule has 46 heavy (non-hydrogen) atoms. The molecule has 0 saturated heterocycles. The molecule has 2 atom stereocenters. The van der Waals surface area contributed by atoms with Crippen LogP contribution in [0.5, 0.6) is 0 Å². The smallest absolute Gasteiger partial charge is 0.0825 e. The van der Waals surface area contributed by atoms with Gasteiger partial charge in [-0.3, -0.25) is 4.99 Å². The topological polar surface area (TPSA) is 15.6 Å². The van der Waals surface area contributed by atoms with Crippen molar-refractivity contribution in [3.63, 3.8) is 0 Å². The lowest BCUT2D eigenvalue weighted by Gasteiger charge is -2.32. The predicted octanol–water partition coefficient (Wildman–Crippen LogP) is 11.3. The summed E-state index contributed by atoms with van der Waals surface area (Å²) in [7, 11) is 0. The molecule has 0 saturated carbocycles. The van der Waals surface area contributed by atoms with Crippen molar-refractivity contribution in [2.75, 3.05) is 4.90 Å². The van der Waals surface area contributed by atoms with E-state index in [0.717, 1.165) is 41.2 Å². The molecule has 0 radical (unpaired) electrons. The molecule has 0 bridgehead atoms. The Morgan fingerprint density at radius 3 is 2.04 bits per heavy atom. The fourth-order valence-corrected chi connectivity index (χ4v) is 6.70. The van der Waals surface area contributed by atoms with Crippen LogP contribution >= 0.6 is 0 Å². The highest BCUT2D eigenvalue weighted by molar-refractivity contribution is 6.13. The standard InChI is InChI=1S/C44H38N2/c1-3-40-41(35-27-29-39(30-28-35)46-32(2)15-7-4-10-18-37-19-13-14-22-43(37)46)31-42(45-44(40)38-20-11-6-12-21-38)36-25-23-34(24-26-36)33-16-8-5-9-17-33/h4-17,19-31,40,44H,2-3,18H2,1H3/b10-4-,15-7-. The zero-order valence-electron chi connectivity index (χ0n) is 26.3. The molecular formula is C44H38N2. The Bertz CT molecular complexity index is 1940. The van der Waals surface area contributed by atoms with Gasteiger partial charge in [0.2, 0.25) is 0 Å². The van der Waals surface area contributed by atoms with Crippen molar-refractivity contribution in [2.24, 2.45) is 10.9 Å². The van der Waals surface area contributed by atoms with Crippen LogP contribution in [0.3, 0.4) is 0 Å². The van der Waals surface area contributed by atoms with Crippen molar-refractivity contribution < 1.29 is 0 Å². The van der Waals surface area contributed by atoms with E-state index in [1.54, 1.807) is 0 Å². The fourth-order valence-electron chi connectivity index (χ4n) is 6.70.